The van der Waals surface area contributed by atoms with Gasteiger partial charge in [-0.3, -0.25) is 0 Å². The molecule has 6 aromatic carbocycles. The monoisotopic (exact) mass is 637 g/mol. The molecule has 1 aliphatic carbocycles. The van der Waals surface area contributed by atoms with Crippen LogP contribution in [0.2, 0.25) is 0 Å². The molecule has 0 aliphatic heterocycles. The van der Waals surface area contributed by atoms with Gasteiger partial charge in [0.2, 0.25) is 0 Å². The number of hydrogen-bond acceptors (Lipinski definition) is 3. The van der Waals surface area contributed by atoms with Gasteiger partial charge in [0.15, 0.2) is 0 Å². The summed E-state index contributed by atoms with van der Waals surface area (Å²) in [4.78, 5) is 0. The zero-order chi connectivity index (χ0) is 33.8. The summed E-state index contributed by atoms with van der Waals surface area (Å²) in [7, 11) is 0. The number of aromatic nitrogens is 2. The lowest BCUT2D eigenvalue weighted by atomic mass is 9.93. The van der Waals surface area contributed by atoms with Crippen LogP contribution >= 0.6 is 0 Å². The van der Waals surface area contributed by atoms with Gasteiger partial charge in [-0.1, -0.05) is 78.9 Å². The molecular weight excluding hydrogens is 611 g/mol. The lowest BCUT2D eigenvalue weighted by molar-refractivity contribution is 0.889. The van der Waals surface area contributed by atoms with Crippen LogP contribution in [0, 0.1) is 34.0 Å². The molecule has 0 spiro atoms. The molecule has 5 heteroatoms. The smallest absolute Gasteiger partial charge is 0.0998 e. The molecule has 9 rings (SSSR count). The van der Waals surface area contributed by atoms with Crippen molar-refractivity contribution in [1.82, 2.24) is 9.13 Å². The van der Waals surface area contributed by atoms with Crippen molar-refractivity contribution in [3.8, 4) is 51.8 Å². The normalized spacial score (nSPS) is 12.1. The van der Waals surface area contributed by atoms with Crippen molar-refractivity contribution in [2.24, 2.45) is 0 Å². The third kappa shape index (κ3) is 4.45. The lowest BCUT2D eigenvalue weighted by Crippen LogP contribution is -2.04. The van der Waals surface area contributed by atoms with Gasteiger partial charge in [-0.2, -0.15) is 15.8 Å². The SMILES string of the molecule is N#Cc1cc(-c2ccc(-c3ccccc3-n3c4c(c5ccccc53)C=CCC4)cc2C#N)cc(-n2c3ccccc3c3cc(C#N)ccc32)c1. The lowest BCUT2D eigenvalue weighted by Gasteiger charge is -2.18. The Hall–Kier alpha value is -7.13. The van der Waals surface area contributed by atoms with E-state index in [-0.39, 0.29) is 0 Å². The molecule has 0 N–H and O–H groups in total. The van der Waals surface area contributed by atoms with Crippen molar-refractivity contribution in [2.45, 2.75) is 12.8 Å². The highest BCUT2D eigenvalue weighted by Gasteiger charge is 2.21. The molecule has 5 nitrogen and oxygen atoms in total. The highest BCUT2D eigenvalue weighted by atomic mass is 15.0. The number of rotatable bonds is 4. The molecule has 1 aliphatic rings. The predicted molar refractivity (Wildman–Crippen MR) is 200 cm³/mol. The van der Waals surface area contributed by atoms with Gasteiger partial charge in [-0.05, 0) is 90.2 Å². The Bertz CT molecular complexity index is 2860. The number of para-hydroxylation sites is 3. The average Bonchev–Trinajstić information content (AvgIpc) is 3.70. The summed E-state index contributed by atoms with van der Waals surface area (Å²) in [6.07, 6.45) is 6.45. The number of allylic oxidation sites excluding steroid dienone is 1. The van der Waals surface area contributed by atoms with E-state index in [9.17, 15) is 15.8 Å². The van der Waals surface area contributed by atoms with Crippen molar-refractivity contribution >= 4 is 38.8 Å². The Morgan fingerprint density at radius 3 is 2.08 bits per heavy atom. The highest BCUT2D eigenvalue weighted by molar-refractivity contribution is 6.09. The van der Waals surface area contributed by atoms with E-state index in [1.165, 1.54) is 22.2 Å². The number of hydrogen-bond donors (Lipinski definition) is 0. The third-order valence-electron chi connectivity index (χ3n) is 9.86. The van der Waals surface area contributed by atoms with Crippen LogP contribution in [0.25, 0.3) is 72.4 Å². The van der Waals surface area contributed by atoms with E-state index < -0.39 is 0 Å². The van der Waals surface area contributed by atoms with Gasteiger partial charge in [-0.15, -0.1) is 0 Å². The van der Waals surface area contributed by atoms with E-state index in [1.54, 1.807) is 0 Å². The first-order valence-electron chi connectivity index (χ1n) is 16.6. The van der Waals surface area contributed by atoms with Crippen LogP contribution in [0.3, 0.4) is 0 Å². The maximum absolute atomic E-state index is 10.6. The van der Waals surface area contributed by atoms with E-state index in [1.807, 2.05) is 66.7 Å². The largest absolute Gasteiger partial charge is 0.312 e. The minimum absolute atomic E-state index is 0.494. The first-order chi connectivity index (χ1) is 24.7. The third-order valence-corrected chi connectivity index (χ3v) is 9.86. The summed E-state index contributed by atoms with van der Waals surface area (Å²) in [5.41, 5.74) is 12.7. The van der Waals surface area contributed by atoms with Crippen LogP contribution in [0.5, 0.6) is 0 Å². The van der Waals surface area contributed by atoms with Crippen LogP contribution in [-0.4, -0.2) is 9.13 Å². The molecule has 8 aromatic rings. The van der Waals surface area contributed by atoms with E-state index in [0.29, 0.717) is 16.7 Å². The van der Waals surface area contributed by atoms with E-state index in [0.717, 1.165) is 68.3 Å². The van der Waals surface area contributed by atoms with E-state index in [4.69, 9.17) is 0 Å². The Balaban J connectivity index is 1.21. The second kappa shape index (κ2) is 11.5. The van der Waals surface area contributed by atoms with Crippen molar-refractivity contribution in [3.63, 3.8) is 0 Å². The Morgan fingerprint density at radius 1 is 0.520 bits per heavy atom. The fourth-order valence-electron chi connectivity index (χ4n) is 7.70. The van der Waals surface area contributed by atoms with Crippen molar-refractivity contribution in [3.05, 3.63) is 161 Å². The van der Waals surface area contributed by atoms with Crippen LogP contribution in [0.4, 0.5) is 0 Å². The maximum atomic E-state index is 10.6. The van der Waals surface area contributed by atoms with Crippen molar-refractivity contribution in [2.75, 3.05) is 0 Å². The molecular formula is C45H27N5. The number of nitrogens with zero attached hydrogens (tertiary/aromatic N) is 5. The summed E-state index contributed by atoms with van der Waals surface area (Å²) in [6, 6.07) is 49.6. The Labute approximate surface area is 289 Å². The van der Waals surface area contributed by atoms with Gasteiger partial charge in [0.25, 0.3) is 0 Å². The van der Waals surface area contributed by atoms with Gasteiger partial charge < -0.3 is 9.13 Å². The summed E-state index contributed by atoms with van der Waals surface area (Å²) in [6.45, 7) is 0. The fourth-order valence-corrected chi connectivity index (χ4v) is 7.70. The molecule has 0 saturated carbocycles. The zero-order valence-corrected chi connectivity index (χ0v) is 26.9. The Morgan fingerprint density at radius 2 is 1.26 bits per heavy atom. The summed E-state index contributed by atoms with van der Waals surface area (Å²) >= 11 is 0. The molecule has 2 heterocycles. The van der Waals surface area contributed by atoms with E-state index in [2.05, 4.69) is 100 Å². The van der Waals surface area contributed by atoms with Gasteiger partial charge in [-0.25, -0.2) is 0 Å². The topological polar surface area (TPSA) is 81.2 Å². The molecule has 0 amide bonds. The average molecular weight is 638 g/mol. The van der Waals surface area contributed by atoms with Gasteiger partial charge >= 0.3 is 0 Å². The summed E-state index contributed by atoms with van der Waals surface area (Å²) < 4.78 is 4.52. The summed E-state index contributed by atoms with van der Waals surface area (Å²) in [5, 5.41) is 33.5. The molecule has 232 valence electrons. The van der Waals surface area contributed by atoms with Crippen LogP contribution in [0.15, 0.2) is 133 Å². The fraction of sp³-hybridized carbons (Fsp3) is 0.0444. The molecule has 50 heavy (non-hydrogen) atoms. The zero-order valence-electron chi connectivity index (χ0n) is 26.9. The standard InChI is InChI=1S/C45H27N5/c46-26-29-17-20-45-40(23-29)39-12-4-6-14-42(39)49(45)34-22-30(27-47)21-32(25-34)35-19-18-31(24-33(35)28-48)36-9-1-5-13-41(36)50-43-15-7-2-10-37(43)38-11-3-8-16-44(38)50/h1-7,9-15,17-25H,8,16H2. The second-order valence-electron chi connectivity index (χ2n) is 12.6. The molecule has 2 aromatic heterocycles. The first-order valence-corrected chi connectivity index (χ1v) is 16.6. The molecule has 0 atom stereocenters. The quantitative estimate of drug-likeness (QED) is 0.193. The molecule has 0 unspecified atom stereocenters. The molecule has 0 fully saturated rings. The molecule has 0 radical (unpaired) electrons. The highest BCUT2D eigenvalue weighted by Crippen LogP contribution is 2.39. The molecule has 0 saturated heterocycles. The molecule has 0 bridgehead atoms. The van der Waals surface area contributed by atoms with E-state index >= 15 is 0 Å². The number of nitriles is 3. The van der Waals surface area contributed by atoms with Gasteiger partial charge in [0.1, 0.15) is 0 Å². The Kier molecular flexibility index (Phi) is 6.70. The van der Waals surface area contributed by atoms with Gasteiger partial charge in [0.05, 0.1) is 57.1 Å². The van der Waals surface area contributed by atoms with Crippen LogP contribution in [0.1, 0.15) is 34.4 Å². The van der Waals surface area contributed by atoms with Crippen molar-refractivity contribution in [1.29, 1.82) is 15.8 Å². The van der Waals surface area contributed by atoms with Crippen molar-refractivity contribution < 1.29 is 0 Å². The maximum Gasteiger partial charge on any atom is 0.0998 e. The minimum atomic E-state index is 0.494. The van der Waals surface area contributed by atoms with Gasteiger partial charge in [0, 0.05) is 38.7 Å². The minimum Gasteiger partial charge on any atom is -0.312 e. The van der Waals surface area contributed by atoms with Crippen LogP contribution < -0.4 is 0 Å². The second-order valence-corrected chi connectivity index (χ2v) is 12.6. The number of benzene rings is 6. The summed E-state index contributed by atoms with van der Waals surface area (Å²) in [5.74, 6) is 0. The number of fused-ring (bicyclic) bond motifs is 6. The van der Waals surface area contributed by atoms with Crippen LogP contribution in [-0.2, 0) is 6.42 Å². The predicted octanol–water partition coefficient (Wildman–Crippen LogP) is 10.6. The first kappa shape index (κ1) is 29.0.